The molecular weight excluding hydrogens is 308 g/mol. The van der Waals surface area contributed by atoms with Crippen LogP contribution in [0.3, 0.4) is 0 Å². The number of urea groups is 1. The molecule has 130 valence electrons. The molecule has 0 saturated carbocycles. The number of piperazine rings is 1. The van der Waals surface area contributed by atoms with Crippen LogP contribution in [-0.2, 0) is 13.1 Å². The zero-order valence-corrected chi connectivity index (χ0v) is 14.2. The molecule has 1 N–H and O–H groups in total. The lowest BCUT2D eigenvalue weighted by Gasteiger charge is -2.34. The highest BCUT2D eigenvalue weighted by Crippen LogP contribution is 2.10. The van der Waals surface area contributed by atoms with Crippen LogP contribution >= 0.6 is 0 Å². The molecule has 24 heavy (non-hydrogen) atoms. The second kappa shape index (κ2) is 7.48. The quantitative estimate of drug-likeness (QED) is 0.887. The summed E-state index contributed by atoms with van der Waals surface area (Å²) >= 11 is 0. The Labute approximate surface area is 141 Å². The fourth-order valence-corrected chi connectivity index (χ4v) is 2.86. The van der Waals surface area contributed by atoms with E-state index in [0.717, 1.165) is 31.1 Å². The van der Waals surface area contributed by atoms with E-state index in [9.17, 15) is 4.79 Å². The highest BCUT2D eigenvalue weighted by atomic mass is 16.5. The lowest BCUT2D eigenvalue weighted by molar-refractivity contribution is 0.126. The molecule has 1 aliphatic heterocycles. The van der Waals surface area contributed by atoms with E-state index in [1.165, 1.54) is 0 Å². The van der Waals surface area contributed by atoms with Gasteiger partial charge in [-0.3, -0.25) is 9.58 Å². The fraction of sp³-hybridized carbons (Fsp3) is 0.562. The van der Waals surface area contributed by atoms with Gasteiger partial charge in [0, 0.05) is 50.7 Å². The Bertz CT molecular complexity index is 645. The molecule has 1 atom stereocenters. The maximum absolute atomic E-state index is 12.3. The van der Waals surface area contributed by atoms with Crippen LogP contribution in [-0.4, -0.2) is 63.0 Å². The first-order valence-corrected chi connectivity index (χ1v) is 8.27. The zero-order valence-electron chi connectivity index (χ0n) is 14.2. The molecule has 8 heteroatoms. The molecule has 1 fully saturated rings. The number of carbonyl (C=O) groups excluding carboxylic acids is 1. The normalized spacial score (nSPS) is 17.0. The Morgan fingerprint density at radius 2 is 2.17 bits per heavy atom. The Balaban J connectivity index is 1.41. The third kappa shape index (κ3) is 4.35. The number of aromatic nitrogens is 3. The van der Waals surface area contributed by atoms with Crippen molar-refractivity contribution in [2.45, 2.75) is 33.0 Å². The van der Waals surface area contributed by atoms with Crippen molar-refractivity contribution in [3.8, 4) is 0 Å². The van der Waals surface area contributed by atoms with Crippen LogP contribution in [0.4, 0.5) is 4.79 Å². The summed E-state index contributed by atoms with van der Waals surface area (Å²) in [4.78, 5) is 16.5. The highest BCUT2D eigenvalue weighted by molar-refractivity contribution is 5.74. The van der Waals surface area contributed by atoms with Gasteiger partial charge in [-0.2, -0.15) is 5.10 Å². The minimum Gasteiger partial charge on any atom is -0.360 e. The third-order valence-corrected chi connectivity index (χ3v) is 4.11. The van der Waals surface area contributed by atoms with Gasteiger partial charge in [0.05, 0.1) is 18.8 Å². The van der Waals surface area contributed by atoms with E-state index >= 15 is 0 Å². The standard InChI is InChI=1S/C16H24N6O2/c1-13-10-15(24-19-13)12-20-6-8-21(9-7-20)16(23)18-14(2)11-22-5-3-4-17-22/h3-5,10,14H,6-9,11-12H2,1-2H3,(H,18,23). The molecule has 1 aliphatic rings. The predicted octanol–water partition coefficient (Wildman–Crippen LogP) is 1.10. The Kier molecular flexibility index (Phi) is 5.14. The van der Waals surface area contributed by atoms with Crippen molar-refractivity contribution in [3.63, 3.8) is 0 Å². The smallest absolute Gasteiger partial charge is 0.317 e. The number of hydrogen-bond acceptors (Lipinski definition) is 5. The van der Waals surface area contributed by atoms with Crippen LogP contribution < -0.4 is 5.32 Å². The molecule has 0 bridgehead atoms. The molecule has 1 unspecified atom stereocenters. The van der Waals surface area contributed by atoms with Crippen LogP contribution in [0.1, 0.15) is 18.4 Å². The number of hydrogen-bond donors (Lipinski definition) is 1. The van der Waals surface area contributed by atoms with Gasteiger partial charge in [-0.1, -0.05) is 5.16 Å². The van der Waals surface area contributed by atoms with Crippen molar-refractivity contribution in [2.24, 2.45) is 0 Å². The first-order valence-electron chi connectivity index (χ1n) is 8.27. The number of rotatable bonds is 5. The molecule has 2 amide bonds. The van der Waals surface area contributed by atoms with Crippen molar-refractivity contribution < 1.29 is 9.32 Å². The molecule has 2 aromatic heterocycles. The van der Waals surface area contributed by atoms with Gasteiger partial charge in [0.2, 0.25) is 0 Å². The minimum atomic E-state index is -0.00943. The Morgan fingerprint density at radius 1 is 1.38 bits per heavy atom. The van der Waals surface area contributed by atoms with Gasteiger partial charge >= 0.3 is 6.03 Å². The summed E-state index contributed by atoms with van der Waals surface area (Å²) in [6.45, 7) is 8.42. The van der Waals surface area contributed by atoms with E-state index in [-0.39, 0.29) is 12.1 Å². The van der Waals surface area contributed by atoms with Gasteiger partial charge in [-0.15, -0.1) is 0 Å². The van der Waals surface area contributed by atoms with E-state index < -0.39 is 0 Å². The van der Waals surface area contributed by atoms with Crippen LogP contribution in [0.25, 0.3) is 0 Å². The summed E-state index contributed by atoms with van der Waals surface area (Å²) < 4.78 is 7.07. The van der Waals surface area contributed by atoms with Gasteiger partial charge in [-0.25, -0.2) is 4.79 Å². The maximum atomic E-state index is 12.3. The van der Waals surface area contributed by atoms with E-state index in [1.54, 1.807) is 6.20 Å². The first-order chi connectivity index (χ1) is 11.6. The molecule has 3 rings (SSSR count). The van der Waals surface area contributed by atoms with E-state index in [0.29, 0.717) is 19.6 Å². The maximum Gasteiger partial charge on any atom is 0.317 e. The van der Waals surface area contributed by atoms with Crippen LogP contribution in [0, 0.1) is 6.92 Å². The Hall–Kier alpha value is -2.35. The second-order valence-corrected chi connectivity index (χ2v) is 6.28. The average Bonchev–Trinajstić information content (AvgIpc) is 3.20. The van der Waals surface area contributed by atoms with Gasteiger partial charge < -0.3 is 14.7 Å². The Morgan fingerprint density at radius 3 is 2.79 bits per heavy atom. The number of amides is 2. The largest absolute Gasteiger partial charge is 0.360 e. The molecular formula is C16H24N6O2. The lowest BCUT2D eigenvalue weighted by atomic mass is 10.3. The van der Waals surface area contributed by atoms with Crippen molar-refractivity contribution >= 4 is 6.03 Å². The average molecular weight is 332 g/mol. The van der Waals surface area contributed by atoms with Crippen molar-refractivity contribution in [2.75, 3.05) is 26.2 Å². The number of aryl methyl sites for hydroxylation is 1. The molecule has 0 aromatic carbocycles. The van der Waals surface area contributed by atoms with E-state index in [1.807, 2.05) is 41.8 Å². The minimum absolute atomic E-state index is 0.00943. The summed E-state index contributed by atoms with van der Waals surface area (Å²) in [5.74, 6) is 0.873. The van der Waals surface area contributed by atoms with E-state index in [2.05, 4.69) is 20.5 Å². The van der Waals surface area contributed by atoms with Gasteiger partial charge in [-0.05, 0) is 19.9 Å². The topological polar surface area (TPSA) is 79.4 Å². The molecule has 0 radical (unpaired) electrons. The predicted molar refractivity (Wildman–Crippen MR) is 88.3 cm³/mol. The summed E-state index contributed by atoms with van der Waals surface area (Å²) in [6, 6.07) is 3.86. The van der Waals surface area contributed by atoms with Crippen LogP contribution in [0.2, 0.25) is 0 Å². The number of nitrogens with one attached hydrogen (secondary N) is 1. The molecule has 3 heterocycles. The van der Waals surface area contributed by atoms with Crippen molar-refractivity contribution in [1.82, 2.24) is 30.1 Å². The number of nitrogens with zero attached hydrogens (tertiary/aromatic N) is 5. The highest BCUT2D eigenvalue weighted by Gasteiger charge is 2.22. The first kappa shape index (κ1) is 16.5. The number of carbonyl (C=O) groups is 1. The summed E-state index contributed by atoms with van der Waals surface area (Å²) in [5.41, 5.74) is 0.897. The van der Waals surface area contributed by atoms with Crippen molar-refractivity contribution in [1.29, 1.82) is 0 Å². The molecule has 8 nitrogen and oxygen atoms in total. The third-order valence-electron chi connectivity index (χ3n) is 4.11. The van der Waals surface area contributed by atoms with Gasteiger partial charge in [0.1, 0.15) is 0 Å². The second-order valence-electron chi connectivity index (χ2n) is 6.28. The van der Waals surface area contributed by atoms with Crippen molar-refractivity contribution in [3.05, 3.63) is 36.0 Å². The molecule has 1 saturated heterocycles. The summed E-state index contributed by atoms with van der Waals surface area (Å²) in [7, 11) is 0. The molecule has 0 spiro atoms. The zero-order chi connectivity index (χ0) is 16.9. The van der Waals surface area contributed by atoms with Crippen LogP contribution in [0.5, 0.6) is 0 Å². The van der Waals surface area contributed by atoms with Crippen LogP contribution in [0.15, 0.2) is 29.0 Å². The fourth-order valence-electron chi connectivity index (χ4n) is 2.86. The van der Waals surface area contributed by atoms with Gasteiger partial charge in [0.25, 0.3) is 0 Å². The van der Waals surface area contributed by atoms with Gasteiger partial charge in [0.15, 0.2) is 5.76 Å². The summed E-state index contributed by atoms with van der Waals surface area (Å²) in [5, 5.41) is 11.1. The molecule has 2 aromatic rings. The van der Waals surface area contributed by atoms with E-state index in [4.69, 9.17) is 4.52 Å². The SMILES string of the molecule is Cc1cc(CN2CCN(C(=O)NC(C)Cn3cccn3)CC2)on1. The summed E-state index contributed by atoms with van der Waals surface area (Å²) in [6.07, 6.45) is 3.64. The lowest BCUT2D eigenvalue weighted by Crippen LogP contribution is -2.53. The molecule has 0 aliphatic carbocycles. The monoisotopic (exact) mass is 332 g/mol.